The predicted octanol–water partition coefficient (Wildman–Crippen LogP) is 10.5. The molecule has 4 nitrogen and oxygen atoms in total. The van der Waals surface area contributed by atoms with Crippen molar-refractivity contribution in [2.75, 3.05) is 0 Å². The standard InChI is InChI=1S/C30H17N2O.C11H8N.Ir/c1-17-10-12-24(31-16-17)18-11-13-26-21(14-18)22-15-23-19-6-3-5-9-27(19)33-30(23)28-20-7-2-4-8-25(20)32(26)29(22)28;1-2-6-10(7-3-1)11-8-4-5-9-12-11;/h2-10,12-16H,1H3;1-6,8-9H;/q2*-1;/i1D3;;. The van der Waals surface area contributed by atoms with Crippen molar-refractivity contribution in [2.45, 2.75) is 6.85 Å². The molecule has 0 amide bonds. The van der Waals surface area contributed by atoms with Crippen molar-refractivity contribution in [3.8, 4) is 22.5 Å². The average Bonchev–Trinajstić information content (AvgIpc) is 3.78. The number of fused-ring (bicyclic) bond motifs is 10. The number of hydrogen-bond donors (Lipinski definition) is 0. The van der Waals surface area contributed by atoms with Gasteiger partial charge >= 0.3 is 0 Å². The molecule has 0 aliphatic rings. The number of aromatic nitrogens is 3. The molecule has 5 aromatic carbocycles. The van der Waals surface area contributed by atoms with Crippen molar-refractivity contribution in [3.63, 3.8) is 0 Å². The molecule has 10 rings (SSSR count). The molecule has 5 heterocycles. The molecule has 0 atom stereocenters. The zero-order valence-electron chi connectivity index (χ0n) is 27.3. The van der Waals surface area contributed by atoms with E-state index in [1.807, 2.05) is 66.7 Å². The maximum absolute atomic E-state index is 7.62. The number of para-hydroxylation sites is 2. The van der Waals surface area contributed by atoms with Gasteiger partial charge in [-0.3, -0.25) is 0 Å². The first-order valence-corrected chi connectivity index (χ1v) is 14.7. The van der Waals surface area contributed by atoms with Crippen LogP contribution in [-0.4, -0.2) is 14.4 Å². The predicted molar refractivity (Wildman–Crippen MR) is 184 cm³/mol. The normalized spacial score (nSPS) is 12.7. The summed E-state index contributed by atoms with van der Waals surface area (Å²) in [6, 6.07) is 46.5. The Morgan fingerprint density at radius 3 is 2.30 bits per heavy atom. The molecule has 0 saturated carbocycles. The number of benzene rings is 5. The molecule has 0 spiro atoms. The van der Waals surface area contributed by atoms with Gasteiger partial charge in [-0.2, -0.15) is 0 Å². The second-order valence-corrected chi connectivity index (χ2v) is 11.0. The third kappa shape index (κ3) is 4.39. The van der Waals surface area contributed by atoms with Crippen molar-refractivity contribution in [2.24, 2.45) is 0 Å². The molecule has 0 fully saturated rings. The number of furan rings is 1. The molecule has 0 N–H and O–H groups in total. The molecule has 0 saturated heterocycles. The van der Waals surface area contributed by atoms with Crippen LogP contribution >= 0.6 is 0 Å². The van der Waals surface area contributed by atoms with Crippen LogP contribution in [0.2, 0.25) is 0 Å². The van der Waals surface area contributed by atoms with E-state index in [1.165, 1.54) is 6.20 Å². The van der Waals surface area contributed by atoms with E-state index >= 15 is 0 Å². The van der Waals surface area contributed by atoms with E-state index in [2.05, 4.69) is 69.0 Å². The Kier molecular flexibility index (Phi) is 6.08. The number of aryl methyl sites for hydroxylation is 1. The third-order valence-corrected chi connectivity index (χ3v) is 8.43. The van der Waals surface area contributed by atoms with Gasteiger partial charge in [0.1, 0.15) is 11.2 Å². The Morgan fingerprint density at radius 1 is 0.674 bits per heavy atom. The summed E-state index contributed by atoms with van der Waals surface area (Å²) in [7, 11) is 0. The molecule has 5 heteroatoms. The van der Waals surface area contributed by atoms with Crippen molar-refractivity contribution < 1.29 is 28.6 Å². The summed E-state index contributed by atoms with van der Waals surface area (Å²) in [5, 5.41) is 6.72. The molecule has 1 radical (unpaired) electrons. The maximum atomic E-state index is 7.62. The van der Waals surface area contributed by atoms with E-state index in [-0.39, 0.29) is 25.7 Å². The number of nitrogens with zero attached hydrogens (tertiary/aromatic N) is 3. The molecule has 221 valence electrons. The van der Waals surface area contributed by atoms with Gasteiger partial charge in [0.25, 0.3) is 0 Å². The summed E-state index contributed by atoms with van der Waals surface area (Å²) >= 11 is 0. The maximum Gasteiger partial charge on any atom is 0.145 e. The van der Waals surface area contributed by atoms with Crippen LogP contribution in [0.4, 0.5) is 0 Å². The molecule has 0 unspecified atom stereocenters. The molecular formula is C41H25IrN3O-2. The van der Waals surface area contributed by atoms with Crippen LogP contribution in [-0.2, 0) is 20.1 Å². The Labute approximate surface area is 282 Å². The summed E-state index contributed by atoms with van der Waals surface area (Å²) in [6.45, 7) is -2.17. The van der Waals surface area contributed by atoms with Gasteiger partial charge in [-0.25, -0.2) is 0 Å². The van der Waals surface area contributed by atoms with E-state index in [4.69, 9.17) is 8.53 Å². The fraction of sp³-hybridized carbons (Fsp3) is 0.0244. The zero-order valence-corrected chi connectivity index (χ0v) is 26.7. The SMILES string of the molecule is [2H]C([2H])([2H])c1ccc(-c2[c-]cc3c(c2)c2cc4c5ccccc5oc4c4c5ccccc5n3c24)nc1.[Ir].[c-]1ccccc1-c1ccccn1. The Morgan fingerprint density at radius 2 is 1.50 bits per heavy atom. The van der Waals surface area contributed by atoms with Crippen molar-refractivity contribution >= 4 is 60.0 Å². The number of hydrogen-bond acceptors (Lipinski definition) is 3. The quantitative estimate of drug-likeness (QED) is 0.165. The fourth-order valence-corrected chi connectivity index (χ4v) is 6.45. The summed E-state index contributed by atoms with van der Waals surface area (Å²) < 4.78 is 31.6. The first kappa shape index (κ1) is 24.9. The van der Waals surface area contributed by atoms with Crippen LogP contribution in [0.3, 0.4) is 0 Å². The molecule has 0 aliphatic carbocycles. The van der Waals surface area contributed by atoms with Crippen molar-refractivity contribution in [3.05, 3.63) is 151 Å². The van der Waals surface area contributed by atoms with Crippen molar-refractivity contribution in [1.29, 1.82) is 0 Å². The molecule has 10 aromatic rings. The van der Waals surface area contributed by atoms with E-state index in [1.54, 1.807) is 18.3 Å². The molecule has 46 heavy (non-hydrogen) atoms. The second-order valence-electron chi connectivity index (χ2n) is 11.0. The summed E-state index contributed by atoms with van der Waals surface area (Å²) in [5.41, 5.74) is 8.87. The minimum Gasteiger partial charge on any atom is -0.455 e. The van der Waals surface area contributed by atoms with Gasteiger partial charge < -0.3 is 18.8 Å². The van der Waals surface area contributed by atoms with Gasteiger partial charge in [-0.15, -0.1) is 59.7 Å². The van der Waals surface area contributed by atoms with Gasteiger partial charge in [0, 0.05) is 58.3 Å². The summed E-state index contributed by atoms with van der Waals surface area (Å²) in [5.74, 6) is 0. The molecular weight excluding hydrogens is 743 g/mol. The minimum absolute atomic E-state index is 0. The van der Waals surface area contributed by atoms with E-state index in [9.17, 15) is 0 Å². The van der Waals surface area contributed by atoms with Crippen LogP contribution in [0.5, 0.6) is 0 Å². The largest absolute Gasteiger partial charge is 0.455 e. The smallest absolute Gasteiger partial charge is 0.145 e. The van der Waals surface area contributed by atoms with Crippen LogP contribution < -0.4 is 0 Å². The first-order valence-electron chi connectivity index (χ1n) is 16.2. The van der Waals surface area contributed by atoms with Crippen LogP contribution in [0.15, 0.2) is 138 Å². The average molecular weight is 771 g/mol. The number of pyridine rings is 2. The summed E-state index contributed by atoms with van der Waals surface area (Å²) in [4.78, 5) is 8.66. The molecule has 0 aliphatic heterocycles. The van der Waals surface area contributed by atoms with Gasteiger partial charge in [0.2, 0.25) is 0 Å². The Hall–Kier alpha value is -5.35. The van der Waals surface area contributed by atoms with Gasteiger partial charge in [-0.05, 0) is 59.0 Å². The number of rotatable bonds is 2. The zero-order chi connectivity index (χ0) is 32.4. The van der Waals surface area contributed by atoms with Gasteiger partial charge in [0.15, 0.2) is 0 Å². The van der Waals surface area contributed by atoms with E-state index in [0.29, 0.717) is 5.69 Å². The topological polar surface area (TPSA) is 43.3 Å². The first-order chi connectivity index (χ1) is 23.5. The molecule has 5 aromatic heterocycles. The minimum atomic E-state index is -2.17. The van der Waals surface area contributed by atoms with E-state index in [0.717, 1.165) is 76.9 Å². The van der Waals surface area contributed by atoms with Crippen LogP contribution in [0.25, 0.3) is 82.5 Å². The van der Waals surface area contributed by atoms with Crippen LogP contribution in [0.1, 0.15) is 9.68 Å². The summed E-state index contributed by atoms with van der Waals surface area (Å²) in [6.07, 6.45) is 3.22. The van der Waals surface area contributed by atoms with Gasteiger partial charge in [-0.1, -0.05) is 66.0 Å². The molecule has 0 bridgehead atoms. The van der Waals surface area contributed by atoms with Gasteiger partial charge in [0.05, 0.1) is 10.9 Å². The fourth-order valence-electron chi connectivity index (χ4n) is 6.45. The van der Waals surface area contributed by atoms with E-state index < -0.39 is 6.85 Å². The second kappa shape index (κ2) is 11.2. The Balaban J connectivity index is 0.000000228. The van der Waals surface area contributed by atoms with Crippen molar-refractivity contribution in [1.82, 2.24) is 14.4 Å². The Bertz CT molecular complexity index is 2720. The van der Waals surface area contributed by atoms with Crippen LogP contribution in [0, 0.1) is 19.0 Å². The third-order valence-electron chi connectivity index (χ3n) is 8.43. The monoisotopic (exact) mass is 771 g/mol.